The minimum Gasteiger partial charge on any atom is -0.321 e. The Bertz CT molecular complexity index is 1430. The second-order valence-corrected chi connectivity index (χ2v) is 8.75. The maximum atomic E-state index is 13.1. The number of aryl methyl sites for hydroxylation is 3. The lowest BCUT2D eigenvalue weighted by molar-refractivity contribution is 0.102. The third kappa shape index (κ3) is 3.59. The molecule has 0 spiro atoms. The number of amides is 1. The fraction of sp³-hybridized carbons (Fsp3) is 0.160. The molecule has 0 unspecified atom stereocenters. The van der Waals surface area contributed by atoms with E-state index in [0.717, 1.165) is 38.7 Å². The zero-order valence-corrected chi connectivity index (χ0v) is 18.5. The summed E-state index contributed by atoms with van der Waals surface area (Å²) in [5.74, 6) is -0.154. The summed E-state index contributed by atoms with van der Waals surface area (Å²) in [6.07, 6.45) is 2.65. The number of hydrogen-bond acceptors (Lipinski definition) is 4. The van der Waals surface area contributed by atoms with Crippen LogP contribution in [0.2, 0.25) is 0 Å². The van der Waals surface area contributed by atoms with Crippen molar-refractivity contribution in [2.24, 2.45) is 0 Å². The molecule has 0 atom stereocenters. The van der Waals surface area contributed by atoms with Gasteiger partial charge in [-0.05, 0) is 73.9 Å². The van der Waals surface area contributed by atoms with Gasteiger partial charge in [-0.2, -0.15) is 0 Å². The van der Waals surface area contributed by atoms with Crippen molar-refractivity contribution >= 4 is 38.8 Å². The third-order valence-corrected chi connectivity index (χ3v) is 6.39. The topological polar surface area (TPSA) is 59.3 Å². The first-order valence-electron chi connectivity index (χ1n) is 10.3. The predicted molar refractivity (Wildman–Crippen MR) is 127 cm³/mol. The Morgan fingerprint density at radius 3 is 2.55 bits per heavy atom. The van der Waals surface area contributed by atoms with E-state index in [1.54, 1.807) is 11.3 Å². The quantitative estimate of drug-likeness (QED) is 0.381. The van der Waals surface area contributed by atoms with Crippen LogP contribution in [-0.4, -0.2) is 20.3 Å². The smallest absolute Gasteiger partial charge is 0.274 e. The summed E-state index contributed by atoms with van der Waals surface area (Å²) in [5.41, 5.74) is 7.28. The van der Waals surface area contributed by atoms with E-state index < -0.39 is 0 Å². The average molecular weight is 427 g/mol. The molecule has 0 aliphatic rings. The molecule has 1 N–H and O–H groups in total. The highest BCUT2D eigenvalue weighted by Gasteiger charge is 2.18. The SMILES string of the molecule is CCc1nc2ccc(C)cn2c1C(=O)Nc1ccc(-c2nc3ccc(C)cc3s2)cc1. The Labute approximate surface area is 184 Å². The molecule has 0 bridgehead atoms. The van der Waals surface area contributed by atoms with Gasteiger partial charge >= 0.3 is 0 Å². The van der Waals surface area contributed by atoms with Gasteiger partial charge in [0, 0.05) is 17.4 Å². The number of thiazole rings is 1. The number of nitrogens with one attached hydrogen (secondary N) is 1. The van der Waals surface area contributed by atoms with Crippen LogP contribution in [0, 0.1) is 13.8 Å². The van der Waals surface area contributed by atoms with E-state index in [2.05, 4.69) is 35.4 Å². The Hall–Kier alpha value is -3.51. The van der Waals surface area contributed by atoms with Crippen LogP contribution in [0.3, 0.4) is 0 Å². The van der Waals surface area contributed by atoms with Crippen LogP contribution in [0.4, 0.5) is 5.69 Å². The van der Waals surface area contributed by atoms with Crippen LogP contribution >= 0.6 is 11.3 Å². The molecule has 2 aromatic carbocycles. The molecule has 0 radical (unpaired) electrons. The maximum Gasteiger partial charge on any atom is 0.274 e. The van der Waals surface area contributed by atoms with Crippen molar-refractivity contribution in [2.75, 3.05) is 5.32 Å². The third-order valence-electron chi connectivity index (χ3n) is 5.32. The summed E-state index contributed by atoms with van der Waals surface area (Å²) in [5, 5.41) is 4.00. The van der Waals surface area contributed by atoms with E-state index in [9.17, 15) is 4.79 Å². The minimum atomic E-state index is -0.154. The van der Waals surface area contributed by atoms with Crippen molar-refractivity contribution in [3.05, 3.63) is 83.3 Å². The van der Waals surface area contributed by atoms with E-state index in [4.69, 9.17) is 4.98 Å². The molecule has 5 nitrogen and oxygen atoms in total. The summed E-state index contributed by atoms with van der Waals surface area (Å²) < 4.78 is 3.06. The van der Waals surface area contributed by atoms with Gasteiger partial charge in [-0.25, -0.2) is 9.97 Å². The van der Waals surface area contributed by atoms with Crippen LogP contribution in [0.5, 0.6) is 0 Å². The van der Waals surface area contributed by atoms with Crippen molar-refractivity contribution in [1.29, 1.82) is 0 Å². The standard InChI is InChI=1S/C25H22N4OS/c1-4-19-23(29-14-16(3)6-12-22(29)27-19)24(30)26-18-9-7-17(8-10-18)25-28-20-11-5-15(2)13-21(20)31-25/h5-14H,4H2,1-3H3,(H,26,30). The zero-order chi connectivity index (χ0) is 21.5. The summed E-state index contributed by atoms with van der Waals surface area (Å²) in [6.45, 7) is 6.11. The van der Waals surface area contributed by atoms with Gasteiger partial charge < -0.3 is 5.32 Å². The highest BCUT2D eigenvalue weighted by molar-refractivity contribution is 7.21. The molecule has 5 aromatic rings. The molecular formula is C25H22N4OS. The number of hydrogen-bond donors (Lipinski definition) is 1. The molecule has 3 heterocycles. The molecule has 0 aliphatic heterocycles. The Balaban J connectivity index is 1.42. The summed E-state index contributed by atoms with van der Waals surface area (Å²) in [7, 11) is 0. The van der Waals surface area contributed by atoms with Gasteiger partial charge in [0.25, 0.3) is 5.91 Å². The Morgan fingerprint density at radius 2 is 1.77 bits per heavy atom. The van der Waals surface area contributed by atoms with E-state index in [1.807, 2.05) is 60.8 Å². The minimum absolute atomic E-state index is 0.154. The van der Waals surface area contributed by atoms with Gasteiger partial charge in [0.2, 0.25) is 0 Å². The van der Waals surface area contributed by atoms with Crippen LogP contribution in [0.1, 0.15) is 34.2 Å². The lowest BCUT2D eigenvalue weighted by Gasteiger charge is -2.08. The molecule has 5 rings (SSSR count). The number of fused-ring (bicyclic) bond motifs is 2. The van der Waals surface area contributed by atoms with Crippen molar-refractivity contribution in [1.82, 2.24) is 14.4 Å². The normalized spacial score (nSPS) is 11.3. The van der Waals surface area contributed by atoms with Gasteiger partial charge in [-0.1, -0.05) is 19.1 Å². The van der Waals surface area contributed by atoms with Crippen LogP contribution in [0.15, 0.2) is 60.8 Å². The van der Waals surface area contributed by atoms with E-state index in [1.165, 1.54) is 10.3 Å². The average Bonchev–Trinajstić information content (AvgIpc) is 3.34. The van der Waals surface area contributed by atoms with Crippen LogP contribution in [0.25, 0.3) is 26.4 Å². The summed E-state index contributed by atoms with van der Waals surface area (Å²) >= 11 is 1.68. The molecule has 0 saturated carbocycles. The highest BCUT2D eigenvalue weighted by Crippen LogP contribution is 2.31. The predicted octanol–water partition coefficient (Wildman–Crippen LogP) is 6.04. The van der Waals surface area contributed by atoms with Crippen molar-refractivity contribution < 1.29 is 4.79 Å². The number of carbonyl (C=O) groups is 1. The number of pyridine rings is 1. The molecule has 0 aliphatic carbocycles. The molecule has 0 fully saturated rings. The first kappa shape index (κ1) is 19.5. The molecule has 3 aromatic heterocycles. The van der Waals surface area contributed by atoms with Gasteiger partial charge in [0.05, 0.1) is 15.9 Å². The molecular weight excluding hydrogens is 404 g/mol. The van der Waals surface area contributed by atoms with Gasteiger partial charge in [0.15, 0.2) is 0 Å². The second-order valence-electron chi connectivity index (χ2n) is 7.72. The molecule has 6 heteroatoms. The van der Waals surface area contributed by atoms with Crippen LogP contribution in [-0.2, 0) is 6.42 Å². The van der Waals surface area contributed by atoms with E-state index in [0.29, 0.717) is 12.1 Å². The van der Waals surface area contributed by atoms with Crippen molar-refractivity contribution in [2.45, 2.75) is 27.2 Å². The summed E-state index contributed by atoms with van der Waals surface area (Å²) in [6, 6.07) is 18.1. The summed E-state index contributed by atoms with van der Waals surface area (Å²) in [4.78, 5) is 22.5. The Morgan fingerprint density at radius 1 is 1.00 bits per heavy atom. The van der Waals surface area contributed by atoms with Gasteiger partial charge in [0.1, 0.15) is 16.3 Å². The first-order valence-corrected chi connectivity index (χ1v) is 11.1. The number of anilines is 1. The number of carbonyl (C=O) groups excluding carboxylic acids is 1. The van der Waals surface area contributed by atoms with Gasteiger partial charge in [-0.3, -0.25) is 9.20 Å². The van der Waals surface area contributed by atoms with Crippen molar-refractivity contribution in [3.63, 3.8) is 0 Å². The second kappa shape index (κ2) is 7.63. The molecule has 154 valence electrons. The van der Waals surface area contributed by atoms with E-state index in [-0.39, 0.29) is 5.91 Å². The maximum absolute atomic E-state index is 13.1. The number of nitrogens with zero attached hydrogens (tertiary/aromatic N) is 3. The molecule has 1 amide bonds. The number of aromatic nitrogens is 3. The molecule has 0 saturated heterocycles. The lowest BCUT2D eigenvalue weighted by Crippen LogP contribution is -2.16. The monoisotopic (exact) mass is 426 g/mol. The fourth-order valence-electron chi connectivity index (χ4n) is 3.73. The first-order chi connectivity index (χ1) is 15.0. The van der Waals surface area contributed by atoms with Crippen molar-refractivity contribution in [3.8, 4) is 10.6 Å². The lowest BCUT2D eigenvalue weighted by atomic mass is 10.2. The van der Waals surface area contributed by atoms with Gasteiger partial charge in [-0.15, -0.1) is 11.3 Å². The fourth-order valence-corrected chi connectivity index (χ4v) is 4.80. The largest absolute Gasteiger partial charge is 0.321 e. The highest BCUT2D eigenvalue weighted by atomic mass is 32.1. The number of rotatable bonds is 4. The van der Waals surface area contributed by atoms with E-state index >= 15 is 0 Å². The number of imidazole rings is 1. The molecule has 31 heavy (non-hydrogen) atoms. The zero-order valence-electron chi connectivity index (χ0n) is 17.6. The van der Waals surface area contributed by atoms with Crippen LogP contribution < -0.4 is 5.32 Å². The Kier molecular flexibility index (Phi) is 4.79. The number of benzene rings is 2.